The summed E-state index contributed by atoms with van der Waals surface area (Å²) in [7, 11) is 0. The predicted molar refractivity (Wildman–Crippen MR) is 87.9 cm³/mol. The van der Waals surface area contributed by atoms with Crippen LogP contribution in [0.25, 0.3) is 0 Å². The first-order valence-corrected chi connectivity index (χ1v) is 8.39. The van der Waals surface area contributed by atoms with E-state index in [1.165, 1.54) is 0 Å². The van der Waals surface area contributed by atoms with Gasteiger partial charge in [-0.2, -0.15) is 0 Å². The molecule has 1 rings (SSSR count). The van der Waals surface area contributed by atoms with Crippen molar-refractivity contribution in [1.29, 1.82) is 0 Å². The number of carboxylic acid groups (broad SMARTS) is 1. The van der Waals surface area contributed by atoms with Gasteiger partial charge in [0.25, 0.3) is 0 Å². The number of Topliss-reactive ketones (excluding diaryl/α,β-unsaturated/α-hetero) is 1. The number of hydrogen-bond donors (Lipinski definition) is 3. The SMILES string of the molecule is CC[C@H]1[C@H](O)CC(=O)[C@H]1/C=C/[C@@H](O)C/C=C\CCCCC(=O)O. The largest absolute Gasteiger partial charge is 0.481 e. The van der Waals surface area contributed by atoms with Crippen molar-refractivity contribution in [2.45, 2.75) is 64.1 Å². The van der Waals surface area contributed by atoms with Crippen molar-refractivity contribution in [3.8, 4) is 0 Å². The van der Waals surface area contributed by atoms with Crippen LogP contribution in [0.3, 0.4) is 0 Å². The van der Waals surface area contributed by atoms with Crippen LogP contribution >= 0.6 is 0 Å². The van der Waals surface area contributed by atoms with Gasteiger partial charge in [-0.25, -0.2) is 0 Å². The van der Waals surface area contributed by atoms with Crippen LogP contribution in [0.5, 0.6) is 0 Å². The van der Waals surface area contributed by atoms with Crippen molar-refractivity contribution in [3.05, 3.63) is 24.3 Å². The molecule has 0 saturated heterocycles. The quantitative estimate of drug-likeness (QED) is 0.424. The lowest BCUT2D eigenvalue weighted by Crippen LogP contribution is -2.18. The maximum atomic E-state index is 11.8. The minimum Gasteiger partial charge on any atom is -0.481 e. The van der Waals surface area contributed by atoms with Crippen molar-refractivity contribution in [3.63, 3.8) is 0 Å². The number of aliphatic carboxylic acids is 1. The second-order valence-corrected chi connectivity index (χ2v) is 6.13. The third kappa shape index (κ3) is 7.10. The molecule has 1 saturated carbocycles. The molecule has 1 aliphatic carbocycles. The van der Waals surface area contributed by atoms with Crippen LogP contribution in [0.2, 0.25) is 0 Å². The Morgan fingerprint density at radius 1 is 1.35 bits per heavy atom. The van der Waals surface area contributed by atoms with Crippen LogP contribution in [0.4, 0.5) is 0 Å². The fraction of sp³-hybridized carbons (Fsp3) is 0.667. The summed E-state index contributed by atoms with van der Waals surface area (Å²) in [6, 6.07) is 0. The van der Waals surface area contributed by atoms with Gasteiger partial charge in [-0.15, -0.1) is 0 Å². The van der Waals surface area contributed by atoms with E-state index < -0.39 is 18.2 Å². The van der Waals surface area contributed by atoms with Crippen LogP contribution in [0, 0.1) is 11.8 Å². The molecule has 0 aromatic heterocycles. The van der Waals surface area contributed by atoms with E-state index >= 15 is 0 Å². The Bertz CT molecular complexity index is 441. The van der Waals surface area contributed by atoms with Gasteiger partial charge >= 0.3 is 5.97 Å². The monoisotopic (exact) mass is 324 g/mol. The molecule has 0 amide bonds. The Kier molecular flexibility index (Phi) is 8.81. The van der Waals surface area contributed by atoms with Crippen molar-refractivity contribution in [2.24, 2.45) is 11.8 Å². The molecule has 0 bridgehead atoms. The number of carbonyl (C=O) groups is 2. The molecule has 0 unspecified atom stereocenters. The normalized spacial score (nSPS) is 26.4. The highest BCUT2D eigenvalue weighted by Gasteiger charge is 2.38. The lowest BCUT2D eigenvalue weighted by Gasteiger charge is -2.16. The van der Waals surface area contributed by atoms with Gasteiger partial charge in [0.05, 0.1) is 12.2 Å². The first kappa shape index (κ1) is 19.6. The van der Waals surface area contributed by atoms with Crippen molar-refractivity contribution >= 4 is 11.8 Å². The van der Waals surface area contributed by atoms with Crippen molar-refractivity contribution in [1.82, 2.24) is 0 Å². The molecule has 0 aliphatic heterocycles. The van der Waals surface area contributed by atoms with Crippen LogP contribution in [-0.4, -0.2) is 39.3 Å². The van der Waals surface area contributed by atoms with Gasteiger partial charge in [0.1, 0.15) is 5.78 Å². The number of carboxylic acids is 1. The summed E-state index contributed by atoms with van der Waals surface area (Å²) >= 11 is 0. The Labute approximate surface area is 137 Å². The Morgan fingerprint density at radius 2 is 2.09 bits per heavy atom. The summed E-state index contributed by atoms with van der Waals surface area (Å²) in [4.78, 5) is 22.2. The third-order valence-electron chi connectivity index (χ3n) is 4.31. The van der Waals surface area contributed by atoms with Gasteiger partial charge in [0, 0.05) is 18.8 Å². The summed E-state index contributed by atoms with van der Waals surface area (Å²) in [6.45, 7) is 1.96. The van der Waals surface area contributed by atoms with Gasteiger partial charge in [0.2, 0.25) is 0 Å². The minimum absolute atomic E-state index is 0.0433. The van der Waals surface area contributed by atoms with E-state index in [9.17, 15) is 19.8 Å². The predicted octanol–water partition coefficient (Wildman–Crippen LogP) is 2.47. The summed E-state index contributed by atoms with van der Waals surface area (Å²) in [6.07, 6.45) is 9.87. The highest BCUT2D eigenvalue weighted by molar-refractivity contribution is 5.85. The average molecular weight is 324 g/mol. The molecule has 0 spiro atoms. The number of allylic oxidation sites excluding steroid dienone is 2. The van der Waals surface area contributed by atoms with E-state index in [0.29, 0.717) is 12.8 Å². The van der Waals surface area contributed by atoms with Gasteiger partial charge in [-0.1, -0.05) is 31.2 Å². The fourth-order valence-electron chi connectivity index (χ4n) is 2.97. The van der Waals surface area contributed by atoms with E-state index in [1.807, 2.05) is 19.1 Å². The van der Waals surface area contributed by atoms with Gasteiger partial charge < -0.3 is 15.3 Å². The number of aliphatic hydroxyl groups is 2. The summed E-state index contributed by atoms with van der Waals surface area (Å²) in [5.74, 6) is -1.06. The highest BCUT2D eigenvalue weighted by atomic mass is 16.4. The van der Waals surface area contributed by atoms with Crippen molar-refractivity contribution < 1.29 is 24.9 Å². The number of hydrogen-bond acceptors (Lipinski definition) is 4. The van der Waals surface area contributed by atoms with E-state index in [4.69, 9.17) is 5.11 Å². The molecule has 3 N–H and O–H groups in total. The van der Waals surface area contributed by atoms with E-state index in [0.717, 1.165) is 19.3 Å². The minimum atomic E-state index is -0.772. The molecule has 0 heterocycles. The van der Waals surface area contributed by atoms with Crippen LogP contribution in [0.1, 0.15) is 51.9 Å². The number of unbranched alkanes of at least 4 members (excludes halogenated alkanes) is 2. The standard InChI is InChI=1S/C18H28O5/c1-2-14-15(17(21)12-16(14)20)11-10-13(19)8-6-4-3-5-7-9-18(22)23/h4,6,10-11,13-16,19-20H,2-3,5,7-9,12H2,1H3,(H,22,23)/b6-4-,11-10+/t13-,14+,15-,16+/m0/s1. The van der Waals surface area contributed by atoms with Crippen molar-refractivity contribution in [2.75, 3.05) is 0 Å². The average Bonchev–Trinajstić information content (AvgIpc) is 2.76. The lowest BCUT2D eigenvalue weighted by molar-refractivity contribution is -0.137. The maximum absolute atomic E-state index is 11.8. The van der Waals surface area contributed by atoms with Gasteiger partial charge in [-0.3, -0.25) is 9.59 Å². The number of rotatable bonds is 10. The second kappa shape index (κ2) is 10.3. The molecule has 5 nitrogen and oxygen atoms in total. The Hall–Kier alpha value is -1.46. The van der Waals surface area contributed by atoms with E-state index in [-0.39, 0.29) is 30.5 Å². The molecular weight excluding hydrogens is 296 g/mol. The Morgan fingerprint density at radius 3 is 2.74 bits per heavy atom. The molecule has 0 radical (unpaired) electrons. The zero-order valence-electron chi connectivity index (χ0n) is 13.7. The maximum Gasteiger partial charge on any atom is 0.303 e. The molecular formula is C18H28O5. The number of carbonyl (C=O) groups excluding carboxylic acids is 1. The van der Waals surface area contributed by atoms with Crippen LogP contribution < -0.4 is 0 Å². The molecule has 23 heavy (non-hydrogen) atoms. The second-order valence-electron chi connectivity index (χ2n) is 6.13. The van der Waals surface area contributed by atoms with Gasteiger partial charge in [-0.05, 0) is 38.0 Å². The summed E-state index contributed by atoms with van der Waals surface area (Å²) in [5.41, 5.74) is 0. The lowest BCUT2D eigenvalue weighted by atomic mass is 9.91. The highest BCUT2D eigenvalue weighted by Crippen LogP contribution is 2.32. The topological polar surface area (TPSA) is 94.8 Å². The summed E-state index contributed by atoms with van der Waals surface area (Å²) in [5, 5.41) is 28.2. The number of ketones is 1. The van der Waals surface area contributed by atoms with E-state index in [2.05, 4.69) is 0 Å². The number of aliphatic hydroxyl groups excluding tert-OH is 2. The molecule has 4 atom stereocenters. The first-order valence-electron chi connectivity index (χ1n) is 8.39. The molecule has 130 valence electrons. The Balaban J connectivity index is 2.28. The molecule has 0 aromatic carbocycles. The third-order valence-corrected chi connectivity index (χ3v) is 4.31. The summed E-state index contributed by atoms with van der Waals surface area (Å²) < 4.78 is 0. The molecule has 1 aliphatic rings. The first-order chi connectivity index (χ1) is 11.0. The van der Waals surface area contributed by atoms with E-state index in [1.54, 1.807) is 12.2 Å². The fourth-order valence-corrected chi connectivity index (χ4v) is 2.97. The zero-order valence-corrected chi connectivity index (χ0v) is 13.7. The smallest absolute Gasteiger partial charge is 0.303 e. The van der Waals surface area contributed by atoms with Gasteiger partial charge in [0.15, 0.2) is 0 Å². The van der Waals surface area contributed by atoms with Crippen LogP contribution in [0.15, 0.2) is 24.3 Å². The molecule has 0 aromatic rings. The molecule has 1 fully saturated rings. The van der Waals surface area contributed by atoms with Crippen LogP contribution in [-0.2, 0) is 9.59 Å². The molecule has 5 heteroatoms. The zero-order chi connectivity index (χ0) is 17.2.